The highest BCUT2D eigenvalue weighted by Gasteiger charge is 2.24. The van der Waals surface area contributed by atoms with Gasteiger partial charge in [-0.2, -0.15) is 5.26 Å². The normalized spacial score (nSPS) is 9.40. The van der Waals surface area contributed by atoms with Crippen LogP contribution in [0.5, 0.6) is 0 Å². The molecule has 15 heavy (non-hydrogen) atoms. The van der Waals surface area contributed by atoms with Gasteiger partial charge in [0.15, 0.2) is 5.03 Å². The van der Waals surface area contributed by atoms with Gasteiger partial charge in [-0.25, -0.2) is 9.97 Å². The van der Waals surface area contributed by atoms with Gasteiger partial charge in [0.2, 0.25) is 5.82 Å². The molecule has 0 unspecified atom stereocenters. The number of nitrogens with zero attached hydrogens (tertiary/aromatic N) is 5. The Morgan fingerprint density at radius 3 is 2.73 bits per heavy atom. The Labute approximate surface area is 89.9 Å². The highest BCUT2D eigenvalue weighted by atomic mass is 32.2. The molecule has 7 nitrogen and oxygen atoms in total. The Morgan fingerprint density at radius 2 is 2.27 bits per heavy atom. The van der Waals surface area contributed by atoms with Crippen molar-refractivity contribution in [3.63, 3.8) is 0 Å². The van der Waals surface area contributed by atoms with Crippen molar-refractivity contribution in [3.05, 3.63) is 16.4 Å². The van der Waals surface area contributed by atoms with E-state index in [1.54, 1.807) is 19.5 Å². The monoisotopic (exact) mass is 225 g/mol. The molecular weight excluding hydrogens is 218 g/mol. The number of thiocyanates is 1. The molecule has 0 aliphatic rings. The number of hydrogen-bond donors (Lipinski definition) is 0. The smallest absolute Gasteiger partial charge is 0.344 e. The zero-order chi connectivity index (χ0) is 11.4. The molecule has 0 atom stereocenters. The summed E-state index contributed by atoms with van der Waals surface area (Å²) < 4.78 is 0. The largest absolute Gasteiger partial charge is 0.357 e. The van der Waals surface area contributed by atoms with Crippen molar-refractivity contribution in [1.29, 1.82) is 5.26 Å². The van der Waals surface area contributed by atoms with E-state index in [4.69, 9.17) is 5.26 Å². The van der Waals surface area contributed by atoms with Gasteiger partial charge in [0.25, 0.3) is 0 Å². The van der Waals surface area contributed by atoms with E-state index in [2.05, 4.69) is 9.97 Å². The molecule has 1 aromatic heterocycles. The van der Waals surface area contributed by atoms with E-state index in [0.717, 1.165) is 0 Å². The Morgan fingerprint density at radius 1 is 1.60 bits per heavy atom. The summed E-state index contributed by atoms with van der Waals surface area (Å²) in [6, 6.07) is 0. The van der Waals surface area contributed by atoms with Crippen LogP contribution < -0.4 is 4.90 Å². The van der Waals surface area contributed by atoms with E-state index in [1.165, 1.54) is 11.2 Å². The summed E-state index contributed by atoms with van der Waals surface area (Å²) in [6.45, 7) is 0. The summed E-state index contributed by atoms with van der Waals surface area (Å²) >= 11 is 0.648. The number of anilines is 1. The average molecular weight is 225 g/mol. The fourth-order valence-electron chi connectivity index (χ4n) is 0.959. The summed E-state index contributed by atoms with van der Waals surface area (Å²) in [5, 5.41) is 21.1. The fourth-order valence-corrected chi connectivity index (χ4v) is 1.41. The quantitative estimate of drug-likeness (QED) is 0.249. The molecule has 0 fully saturated rings. The summed E-state index contributed by atoms with van der Waals surface area (Å²) in [5.74, 6) is 0.188. The molecule has 0 saturated heterocycles. The first kappa shape index (κ1) is 11.2. The summed E-state index contributed by atoms with van der Waals surface area (Å²) in [5.41, 5.74) is -0.242. The molecule has 0 N–H and O–H groups in total. The van der Waals surface area contributed by atoms with E-state index in [1.807, 2.05) is 0 Å². The third kappa shape index (κ3) is 2.32. The van der Waals surface area contributed by atoms with Crippen molar-refractivity contribution in [2.45, 2.75) is 5.03 Å². The molecule has 1 aromatic rings. The van der Waals surface area contributed by atoms with Gasteiger partial charge in [-0.15, -0.1) is 0 Å². The fraction of sp³-hybridized carbons (Fsp3) is 0.286. The first-order valence-corrected chi connectivity index (χ1v) is 4.62. The Kier molecular flexibility index (Phi) is 3.41. The molecule has 0 radical (unpaired) electrons. The number of thioether (sulfide) groups is 1. The molecule has 78 valence electrons. The van der Waals surface area contributed by atoms with Crippen LogP contribution in [-0.2, 0) is 0 Å². The van der Waals surface area contributed by atoms with Gasteiger partial charge in [0, 0.05) is 25.9 Å². The van der Waals surface area contributed by atoms with Crippen molar-refractivity contribution >= 4 is 23.3 Å². The third-order valence-corrected chi connectivity index (χ3v) is 2.10. The SMILES string of the molecule is CN(C)c1ncnc(SC#N)c1[N+](=O)[O-]. The molecule has 0 spiro atoms. The van der Waals surface area contributed by atoms with Crippen molar-refractivity contribution < 1.29 is 4.92 Å². The van der Waals surface area contributed by atoms with Gasteiger partial charge in [-0.1, -0.05) is 0 Å². The molecule has 1 heterocycles. The molecule has 0 aliphatic heterocycles. The molecule has 1 rings (SSSR count). The first-order chi connectivity index (χ1) is 7.07. The van der Waals surface area contributed by atoms with E-state index >= 15 is 0 Å². The Bertz CT molecular complexity index is 428. The minimum absolute atomic E-state index is 0.0567. The van der Waals surface area contributed by atoms with Crippen molar-refractivity contribution in [3.8, 4) is 5.40 Å². The van der Waals surface area contributed by atoms with Gasteiger partial charge >= 0.3 is 5.69 Å². The van der Waals surface area contributed by atoms with Crippen LogP contribution in [0, 0.1) is 20.8 Å². The van der Waals surface area contributed by atoms with Crippen LogP contribution in [0.25, 0.3) is 0 Å². The van der Waals surface area contributed by atoms with Gasteiger partial charge < -0.3 is 4.90 Å². The van der Waals surface area contributed by atoms with Crippen LogP contribution in [0.3, 0.4) is 0 Å². The van der Waals surface area contributed by atoms with Crippen LogP contribution in [-0.4, -0.2) is 29.0 Å². The second kappa shape index (κ2) is 4.56. The van der Waals surface area contributed by atoms with Crippen LogP contribution in [0.1, 0.15) is 0 Å². The summed E-state index contributed by atoms with van der Waals surface area (Å²) in [4.78, 5) is 19.2. The average Bonchev–Trinajstić information content (AvgIpc) is 2.17. The lowest BCUT2D eigenvalue weighted by Gasteiger charge is -2.11. The Hall–Kier alpha value is -1.88. The van der Waals surface area contributed by atoms with Crippen molar-refractivity contribution in [1.82, 2.24) is 9.97 Å². The minimum Gasteiger partial charge on any atom is -0.357 e. The molecule has 0 bridgehead atoms. The maximum atomic E-state index is 10.8. The number of aromatic nitrogens is 2. The molecular formula is C7H7N5O2S. The molecule has 8 heteroatoms. The van der Waals surface area contributed by atoms with E-state index < -0.39 is 4.92 Å². The Balaban J connectivity index is 3.36. The summed E-state index contributed by atoms with van der Waals surface area (Å²) in [6.07, 6.45) is 1.20. The number of rotatable bonds is 3. The van der Waals surface area contributed by atoms with Crippen molar-refractivity contribution in [2.75, 3.05) is 19.0 Å². The number of nitriles is 1. The highest BCUT2D eigenvalue weighted by Crippen LogP contribution is 2.32. The van der Waals surface area contributed by atoms with Gasteiger partial charge in [-0.05, 0) is 0 Å². The maximum Gasteiger partial charge on any atom is 0.344 e. The van der Waals surface area contributed by atoms with Crippen molar-refractivity contribution in [2.24, 2.45) is 0 Å². The third-order valence-electron chi connectivity index (χ3n) is 1.52. The van der Waals surface area contributed by atoms with Gasteiger partial charge in [-0.3, -0.25) is 10.1 Å². The zero-order valence-corrected chi connectivity index (χ0v) is 8.85. The predicted molar refractivity (Wildman–Crippen MR) is 54.5 cm³/mol. The second-order valence-electron chi connectivity index (χ2n) is 2.70. The second-order valence-corrected chi connectivity index (χ2v) is 3.47. The highest BCUT2D eigenvalue weighted by molar-refractivity contribution is 8.03. The van der Waals surface area contributed by atoms with Crippen LogP contribution in [0.2, 0.25) is 0 Å². The lowest BCUT2D eigenvalue weighted by atomic mass is 10.4. The van der Waals surface area contributed by atoms with E-state index in [0.29, 0.717) is 11.8 Å². The minimum atomic E-state index is -0.588. The van der Waals surface area contributed by atoms with Gasteiger partial charge in [0.05, 0.1) is 4.92 Å². The predicted octanol–water partition coefficient (Wildman–Crippen LogP) is 1.02. The van der Waals surface area contributed by atoms with E-state index in [-0.39, 0.29) is 16.5 Å². The molecule has 0 aliphatic carbocycles. The zero-order valence-electron chi connectivity index (χ0n) is 8.04. The van der Waals surface area contributed by atoms with Crippen LogP contribution in [0.4, 0.5) is 11.5 Å². The maximum absolute atomic E-state index is 10.8. The van der Waals surface area contributed by atoms with Crippen LogP contribution in [0.15, 0.2) is 11.4 Å². The molecule has 0 amide bonds. The lowest BCUT2D eigenvalue weighted by Crippen LogP contribution is -2.13. The first-order valence-electron chi connectivity index (χ1n) is 3.80. The number of nitro groups is 1. The molecule has 0 aromatic carbocycles. The topological polar surface area (TPSA) is 96.0 Å². The number of hydrogen-bond acceptors (Lipinski definition) is 7. The lowest BCUT2D eigenvalue weighted by molar-refractivity contribution is -0.387. The summed E-state index contributed by atoms with van der Waals surface area (Å²) in [7, 11) is 3.27. The standard InChI is InChI=1S/C7H7N5O2S/c1-11(2)6-5(12(13)14)7(15-3-8)10-4-9-6/h4H,1-2H3. The van der Waals surface area contributed by atoms with Gasteiger partial charge in [0.1, 0.15) is 11.7 Å². The van der Waals surface area contributed by atoms with E-state index in [9.17, 15) is 10.1 Å². The molecule has 0 saturated carbocycles. The van der Waals surface area contributed by atoms with Crippen LogP contribution >= 0.6 is 11.8 Å².